The van der Waals surface area contributed by atoms with Crippen LogP contribution in [-0.2, 0) is 28.6 Å². The van der Waals surface area contributed by atoms with Crippen molar-refractivity contribution in [3.8, 4) is 0 Å². The molecular formula is C77H142O6. The smallest absolute Gasteiger partial charge is 0.306 e. The normalized spacial score (nSPS) is 12.3. The topological polar surface area (TPSA) is 78.9 Å². The summed E-state index contributed by atoms with van der Waals surface area (Å²) in [6.07, 6.45) is 91.5. The average Bonchev–Trinajstić information content (AvgIpc) is 3.50. The Labute approximate surface area is 518 Å². The first kappa shape index (κ1) is 80.4. The largest absolute Gasteiger partial charge is 0.462 e. The molecule has 0 radical (unpaired) electrons. The number of hydrogen-bond donors (Lipinski definition) is 0. The molecule has 486 valence electrons. The summed E-state index contributed by atoms with van der Waals surface area (Å²) >= 11 is 0. The first-order chi connectivity index (χ1) is 41.0. The Morgan fingerprint density at radius 1 is 0.253 bits per heavy atom. The van der Waals surface area contributed by atoms with E-state index in [0.717, 1.165) is 83.5 Å². The Kier molecular flexibility index (Phi) is 69.6. The number of unbranched alkanes of at least 4 members (excludes halogenated alkanes) is 50. The summed E-state index contributed by atoms with van der Waals surface area (Å²) < 4.78 is 17.0. The van der Waals surface area contributed by atoms with Gasteiger partial charge in [-0.15, -0.1) is 0 Å². The maximum absolute atomic E-state index is 13.0. The molecule has 83 heavy (non-hydrogen) atoms. The first-order valence-corrected chi connectivity index (χ1v) is 37.1. The Balaban J connectivity index is 4.23. The van der Waals surface area contributed by atoms with Crippen molar-refractivity contribution in [2.75, 3.05) is 13.2 Å². The van der Waals surface area contributed by atoms with Crippen molar-refractivity contribution in [3.63, 3.8) is 0 Å². The molecule has 0 rings (SSSR count). The van der Waals surface area contributed by atoms with Crippen LogP contribution in [0.5, 0.6) is 0 Å². The van der Waals surface area contributed by atoms with Gasteiger partial charge in [0, 0.05) is 19.3 Å². The van der Waals surface area contributed by atoms with Crippen molar-refractivity contribution in [2.45, 2.75) is 412 Å². The van der Waals surface area contributed by atoms with Crippen LogP contribution in [0.2, 0.25) is 0 Å². The highest BCUT2D eigenvalue weighted by Crippen LogP contribution is 2.19. The number of hydrogen-bond acceptors (Lipinski definition) is 6. The van der Waals surface area contributed by atoms with Crippen LogP contribution in [0.25, 0.3) is 0 Å². The second-order valence-electron chi connectivity index (χ2n) is 25.2. The maximum Gasteiger partial charge on any atom is 0.306 e. The molecule has 0 amide bonds. The summed E-state index contributed by atoms with van der Waals surface area (Å²) in [6, 6.07) is 0. The lowest BCUT2D eigenvalue weighted by molar-refractivity contribution is -0.167. The summed E-state index contributed by atoms with van der Waals surface area (Å²) in [5.41, 5.74) is 0. The highest BCUT2D eigenvalue weighted by Gasteiger charge is 2.20. The molecule has 0 aliphatic carbocycles. The van der Waals surface area contributed by atoms with Gasteiger partial charge in [-0.1, -0.05) is 378 Å². The molecular weight excluding hydrogens is 1020 g/mol. The van der Waals surface area contributed by atoms with E-state index in [-0.39, 0.29) is 31.1 Å². The molecule has 0 aromatic carbocycles. The molecule has 0 bridgehead atoms. The zero-order valence-electron chi connectivity index (χ0n) is 56.0. The minimum absolute atomic E-state index is 0.0649. The first-order valence-electron chi connectivity index (χ1n) is 37.1. The molecule has 0 saturated carbocycles. The van der Waals surface area contributed by atoms with Crippen LogP contribution in [0.3, 0.4) is 0 Å². The van der Waals surface area contributed by atoms with Gasteiger partial charge >= 0.3 is 17.9 Å². The fourth-order valence-electron chi connectivity index (χ4n) is 11.3. The van der Waals surface area contributed by atoms with Crippen LogP contribution in [0.15, 0.2) is 48.6 Å². The van der Waals surface area contributed by atoms with Crippen LogP contribution in [0.1, 0.15) is 406 Å². The van der Waals surface area contributed by atoms with E-state index in [1.54, 1.807) is 0 Å². The van der Waals surface area contributed by atoms with E-state index in [4.69, 9.17) is 14.2 Å². The van der Waals surface area contributed by atoms with Crippen molar-refractivity contribution >= 4 is 17.9 Å². The average molecular weight is 1160 g/mol. The van der Waals surface area contributed by atoms with E-state index < -0.39 is 6.10 Å². The lowest BCUT2D eigenvalue weighted by Crippen LogP contribution is -2.30. The number of ether oxygens (including phenoxy) is 3. The Morgan fingerprint density at radius 2 is 0.470 bits per heavy atom. The van der Waals surface area contributed by atoms with Gasteiger partial charge in [0.05, 0.1) is 0 Å². The third-order valence-electron chi connectivity index (χ3n) is 16.8. The second kappa shape index (κ2) is 71.8. The van der Waals surface area contributed by atoms with Crippen molar-refractivity contribution in [1.29, 1.82) is 0 Å². The van der Waals surface area contributed by atoms with E-state index in [1.165, 1.54) is 283 Å². The molecule has 1 unspecified atom stereocenters. The van der Waals surface area contributed by atoms with E-state index in [0.29, 0.717) is 19.3 Å². The van der Waals surface area contributed by atoms with E-state index >= 15 is 0 Å². The molecule has 6 nitrogen and oxygen atoms in total. The van der Waals surface area contributed by atoms with E-state index in [2.05, 4.69) is 69.4 Å². The molecule has 6 heteroatoms. The van der Waals surface area contributed by atoms with E-state index in [9.17, 15) is 14.4 Å². The van der Waals surface area contributed by atoms with Gasteiger partial charge in [-0.05, 0) is 57.8 Å². The fourth-order valence-corrected chi connectivity index (χ4v) is 11.3. The van der Waals surface area contributed by atoms with Crippen LogP contribution in [0, 0.1) is 0 Å². The van der Waals surface area contributed by atoms with Crippen molar-refractivity contribution in [1.82, 2.24) is 0 Å². The molecule has 0 saturated heterocycles. The molecule has 0 spiro atoms. The van der Waals surface area contributed by atoms with Gasteiger partial charge in [-0.25, -0.2) is 0 Å². The van der Waals surface area contributed by atoms with E-state index in [1.807, 2.05) is 0 Å². The van der Waals surface area contributed by atoms with Gasteiger partial charge in [0.2, 0.25) is 0 Å². The number of esters is 3. The zero-order chi connectivity index (χ0) is 59.9. The summed E-state index contributed by atoms with van der Waals surface area (Å²) in [6.45, 7) is 6.62. The highest BCUT2D eigenvalue weighted by molar-refractivity contribution is 5.71. The zero-order valence-corrected chi connectivity index (χ0v) is 56.0. The van der Waals surface area contributed by atoms with Crippen molar-refractivity contribution < 1.29 is 28.6 Å². The maximum atomic E-state index is 13.0. The molecule has 0 aliphatic heterocycles. The minimum Gasteiger partial charge on any atom is -0.462 e. The van der Waals surface area contributed by atoms with Crippen LogP contribution >= 0.6 is 0 Å². The second-order valence-corrected chi connectivity index (χ2v) is 25.2. The molecule has 0 aliphatic rings. The fraction of sp³-hybridized carbons (Fsp3) is 0.857. The molecule has 0 N–H and O–H groups in total. The Morgan fingerprint density at radius 3 is 0.735 bits per heavy atom. The van der Waals surface area contributed by atoms with Crippen molar-refractivity contribution in [2.24, 2.45) is 0 Å². The van der Waals surface area contributed by atoms with Crippen LogP contribution < -0.4 is 0 Å². The molecule has 0 heterocycles. The lowest BCUT2D eigenvalue weighted by Gasteiger charge is -2.18. The third kappa shape index (κ3) is 70.0. The highest BCUT2D eigenvalue weighted by atomic mass is 16.6. The standard InChI is InChI=1S/C77H142O6/c1-4-7-10-13-16-19-22-25-28-31-33-35-36-37-38-39-40-41-42-43-45-46-49-52-55-58-61-64-67-70-76(79)82-73-74(72-81-75(78)69-66-63-60-57-54-51-48-30-27-24-21-18-15-12-9-6-3)83-77(80)71-68-65-62-59-56-53-50-47-44-34-32-29-26-23-20-17-14-11-8-5-2/h7,10,16,19,25,28,33,35,74H,4-6,8-9,11-15,17-18,20-24,26-27,29-32,34,36-73H2,1-3H3/b10-7-,19-16-,28-25-,35-33-. The number of allylic oxidation sites excluding steroid dienone is 8. The van der Waals surface area contributed by atoms with Crippen LogP contribution in [-0.4, -0.2) is 37.2 Å². The Hall–Kier alpha value is -2.63. The molecule has 0 aromatic rings. The van der Waals surface area contributed by atoms with Gasteiger partial charge < -0.3 is 14.2 Å². The third-order valence-corrected chi connectivity index (χ3v) is 16.8. The number of rotatable bonds is 69. The number of carbonyl (C=O) groups is 3. The molecule has 0 aromatic heterocycles. The molecule has 0 fully saturated rings. The summed E-state index contributed by atoms with van der Waals surface area (Å²) in [5.74, 6) is -0.830. The minimum atomic E-state index is -0.769. The Bertz CT molecular complexity index is 1430. The summed E-state index contributed by atoms with van der Waals surface area (Å²) in [4.78, 5) is 38.5. The summed E-state index contributed by atoms with van der Waals surface area (Å²) in [5, 5.41) is 0. The predicted octanol–water partition coefficient (Wildman–Crippen LogP) is 25.7. The quantitative estimate of drug-likeness (QED) is 0.0261. The predicted molar refractivity (Wildman–Crippen MR) is 362 cm³/mol. The van der Waals surface area contributed by atoms with Gasteiger partial charge in [0.25, 0.3) is 0 Å². The lowest BCUT2D eigenvalue weighted by atomic mass is 10.0. The van der Waals surface area contributed by atoms with Gasteiger partial charge in [0.15, 0.2) is 6.10 Å². The van der Waals surface area contributed by atoms with Gasteiger partial charge in [-0.3, -0.25) is 14.4 Å². The molecule has 1 atom stereocenters. The number of carbonyl (C=O) groups excluding carboxylic acids is 3. The SMILES string of the molecule is CC/C=C\C/C=C\C/C=C\C/C=C\CCCCCCCCCCCCCCCCCCC(=O)OCC(COC(=O)CCCCCCCCCCCCCCCCCC)OC(=O)CCCCCCCCCCCCCCCCCCCCCC. The van der Waals surface area contributed by atoms with Crippen LogP contribution in [0.4, 0.5) is 0 Å². The monoisotopic (exact) mass is 1160 g/mol. The van der Waals surface area contributed by atoms with Gasteiger partial charge in [0.1, 0.15) is 13.2 Å². The summed E-state index contributed by atoms with van der Waals surface area (Å²) in [7, 11) is 0. The van der Waals surface area contributed by atoms with Gasteiger partial charge in [-0.2, -0.15) is 0 Å². The van der Waals surface area contributed by atoms with Crippen molar-refractivity contribution in [3.05, 3.63) is 48.6 Å².